The van der Waals surface area contributed by atoms with Crippen LogP contribution in [0.2, 0.25) is 0 Å². The van der Waals surface area contributed by atoms with Crippen LogP contribution >= 0.6 is 0 Å². The van der Waals surface area contributed by atoms with Gasteiger partial charge in [-0.05, 0) is 73.8 Å². The Morgan fingerprint density at radius 3 is 2.28 bits per heavy atom. The van der Waals surface area contributed by atoms with Gasteiger partial charge < -0.3 is 9.47 Å². The lowest BCUT2D eigenvalue weighted by atomic mass is 9.79. The van der Waals surface area contributed by atoms with Crippen molar-refractivity contribution in [3.05, 3.63) is 59.2 Å². The standard InChI is InChI=1S/C27H33F2NO2/c1-2-3-4-5-6-17-31-24-14-11-22(12-15-24)21-9-7-20(8-10-21)19-32-25-16-13-23(18-30)26(28)27(25)29/h11-16,20-21H,2-10,17,19H2,1H3. The molecule has 1 fully saturated rings. The second-order valence-corrected chi connectivity index (χ2v) is 8.71. The summed E-state index contributed by atoms with van der Waals surface area (Å²) >= 11 is 0. The molecule has 2 aromatic carbocycles. The molecule has 1 aliphatic carbocycles. The molecule has 0 aromatic heterocycles. The zero-order valence-corrected chi connectivity index (χ0v) is 18.9. The highest BCUT2D eigenvalue weighted by Crippen LogP contribution is 2.36. The van der Waals surface area contributed by atoms with E-state index < -0.39 is 11.6 Å². The Balaban J connectivity index is 1.40. The molecule has 0 amide bonds. The number of halogens is 2. The van der Waals surface area contributed by atoms with Crippen LogP contribution in [0.4, 0.5) is 8.78 Å². The topological polar surface area (TPSA) is 42.2 Å². The lowest BCUT2D eigenvalue weighted by molar-refractivity contribution is 0.192. The largest absolute Gasteiger partial charge is 0.494 e. The number of rotatable bonds is 11. The van der Waals surface area contributed by atoms with E-state index in [2.05, 4.69) is 31.2 Å². The predicted molar refractivity (Wildman–Crippen MR) is 122 cm³/mol. The molecule has 3 nitrogen and oxygen atoms in total. The molecule has 5 heteroatoms. The van der Waals surface area contributed by atoms with E-state index in [1.54, 1.807) is 6.07 Å². The van der Waals surface area contributed by atoms with Gasteiger partial charge in [-0.2, -0.15) is 9.65 Å². The van der Waals surface area contributed by atoms with Crippen LogP contribution < -0.4 is 9.47 Å². The minimum atomic E-state index is -1.14. The number of hydrogen-bond donors (Lipinski definition) is 0. The van der Waals surface area contributed by atoms with Crippen LogP contribution in [-0.2, 0) is 0 Å². The van der Waals surface area contributed by atoms with E-state index in [1.165, 1.54) is 43.4 Å². The van der Waals surface area contributed by atoms with Crippen LogP contribution in [-0.4, -0.2) is 13.2 Å². The number of nitrogens with zero attached hydrogens (tertiary/aromatic N) is 1. The van der Waals surface area contributed by atoms with E-state index in [-0.39, 0.29) is 11.3 Å². The Hall–Kier alpha value is -2.61. The lowest BCUT2D eigenvalue weighted by Crippen LogP contribution is -2.19. The number of unbranched alkanes of at least 4 members (excludes halogenated alkanes) is 4. The molecular weight excluding hydrogens is 408 g/mol. The molecule has 0 bridgehead atoms. The van der Waals surface area contributed by atoms with Crippen molar-refractivity contribution < 1.29 is 18.3 Å². The van der Waals surface area contributed by atoms with Crippen molar-refractivity contribution in [3.8, 4) is 17.6 Å². The summed E-state index contributed by atoms with van der Waals surface area (Å²) in [7, 11) is 0. The summed E-state index contributed by atoms with van der Waals surface area (Å²) in [6.45, 7) is 3.36. The minimum absolute atomic E-state index is 0.121. The van der Waals surface area contributed by atoms with Gasteiger partial charge in [-0.15, -0.1) is 0 Å². The molecule has 3 rings (SSSR count). The third-order valence-corrected chi connectivity index (χ3v) is 6.36. The predicted octanol–water partition coefficient (Wildman–Crippen LogP) is 7.54. The van der Waals surface area contributed by atoms with Gasteiger partial charge in [-0.25, -0.2) is 4.39 Å². The molecule has 32 heavy (non-hydrogen) atoms. The second-order valence-electron chi connectivity index (χ2n) is 8.71. The summed E-state index contributed by atoms with van der Waals surface area (Å²) in [5.41, 5.74) is 1.03. The Bertz CT molecular complexity index is 884. The first-order valence-electron chi connectivity index (χ1n) is 11.9. The average molecular weight is 442 g/mol. The van der Waals surface area contributed by atoms with Crippen LogP contribution in [0, 0.1) is 28.9 Å². The van der Waals surface area contributed by atoms with Gasteiger partial charge in [0.15, 0.2) is 11.6 Å². The summed E-state index contributed by atoms with van der Waals surface area (Å²) in [5.74, 6) is -0.579. The number of benzene rings is 2. The van der Waals surface area contributed by atoms with Crippen molar-refractivity contribution in [3.63, 3.8) is 0 Å². The van der Waals surface area contributed by atoms with Gasteiger partial charge in [0.2, 0.25) is 5.82 Å². The molecule has 1 aliphatic rings. The van der Waals surface area contributed by atoms with Crippen molar-refractivity contribution in [1.29, 1.82) is 5.26 Å². The Labute approximate surface area is 190 Å². The van der Waals surface area contributed by atoms with E-state index >= 15 is 0 Å². The van der Waals surface area contributed by atoms with Gasteiger partial charge in [-0.1, -0.05) is 44.7 Å². The van der Waals surface area contributed by atoms with E-state index in [4.69, 9.17) is 14.7 Å². The van der Waals surface area contributed by atoms with Crippen LogP contribution in [0.5, 0.6) is 11.5 Å². The van der Waals surface area contributed by atoms with Gasteiger partial charge >= 0.3 is 0 Å². The number of ether oxygens (including phenoxy) is 2. The second kappa shape index (κ2) is 12.4. The van der Waals surface area contributed by atoms with Gasteiger partial charge in [0.25, 0.3) is 0 Å². The van der Waals surface area contributed by atoms with Gasteiger partial charge in [0.05, 0.1) is 18.8 Å². The Kier molecular flexibility index (Phi) is 9.34. The zero-order chi connectivity index (χ0) is 22.8. The molecular formula is C27H33F2NO2. The summed E-state index contributed by atoms with van der Waals surface area (Å²) in [6, 6.07) is 12.7. The summed E-state index contributed by atoms with van der Waals surface area (Å²) in [4.78, 5) is 0. The van der Waals surface area contributed by atoms with Crippen molar-refractivity contribution in [2.75, 3.05) is 13.2 Å². The average Bonchev–Trinajstić information content (AvgIpc) is 2.83. The highest BCUT2D eigenvalue weighted by atomic mass is 19.2. The molecule has 0 spiro atoms. The van der Waals surface area contributed by atoms with Gasteiger partial charge in [-0.3, -0.25) is 0 Å². The maximum absolute atomic E-state index is 14.0. The smallest absolute Gasteiger partial charge is 0.201 e. The molecule has 0 heterocycles. The van der Waals surface area contributed by atoms with E-state index in [0.29, 0.717) is 18.4 Å². The highest BCUT2D eigenvalue weighted by molar-refractivity contribution is 5.37. The van der Waals surface area contributed by atoms with Crippen molar-refractivity contribution >= 4 is 0 Å². The first-order valence-corrected chi connectivity index (χ1v) is 11.9. The van der Waals surface area contributed by atoms with Crippen LogP contribution in [0.1, 0.15) is 81.8 Å². The van der Waals surface area contributed by atoms with E-state index in [0.717, 1.165) is 44.5 Å². The molecule has 0 aliphatic heterocycles. The number of nitriles is 1. The maximum atomic E-state index is 14.0. The van der Waals surface area contributed by atoms with Crippen molar-refractivity contribution in [2.45, 2.75) is 70.6 Å². The third kappa shape index (κ3) is 6.69. The summed E-state index contributed by atoms with van der Waals surface area (Å²) < 4.78 is 39.1. The molecule has 0 atom stereocenters. The van der Waals surface area contributed by atoms with E-state index in [9.17, 15) is 8.78 Å². The Morgan fingerprint density at radius 2 is 1.59 bits per heavy atom. The van der Waals surface area contributed by atoms with Crippen molar-refractivity contribution in [2.24, 2.45) is 5.92 Å². The maximum Gasteiger partial charge on any atom is 0.201 e. The molecule has 1 saturated carbocycles. The molecule has 172 valence electrons. The monoisotopic (exact) mass is 441 g/mol. The third-order valence-electron chi connectivity index (χ3n) is 6.36. The van der Waals surface area contributed by atoms with Gasteiger partial charge in [0, 0.05) is 0 Å². The molecule has 2 aromatic rings. The minimum Gasteiger partial charge on any atom is -0.494 e. The fraction of sp³-hybridized carbons (Fsp3) is 0.519. The zero-order valence-electron chi connectivity index (χ0n) is 18.9. The first kappa shape index (κ1) is 24.0. The number of hydrogen-bond acceptors (Lipinski definition) is 3. The molecule has 0 unspecified atom stereocenters. The SMILES string of the molecule is CCCCCCCOc1ccc(C2CCC(COc3ccc(C#N)c(F)c3F)CC2)cc1. The fourth-order valence-electron chi connectivity index (χ4n) is 4.33. The normalized spacial score (nSPS) is 18.2. The molecule has 0 radical (unpaired) electrons. The summed E-state index contributed by atoms with van der Waals surface area (Å²) in [6.07, 6.45) is 10.2. The van der Waals surface area contributed by atoms with Crippen LogP contribution in [0.15, 0.2) is 36.4 Å². The highest BCUT2D eigenvalue weighted by Gasteiger charge is 2.24. The quantitative estimate of drug-likeness (QED) is 0.338. The summed E-state index contributed by atoms with van der Waals surface area (Å²) in [5, 5.41) is 8.77. The molecule has 0 saturated heterocycles. The van der Waals surface area contributed by atoms with Crippen LogP contribution in [0.25, 0.3) is 0 Å². The lowest BCUT2D eigenvalue weighted by Gasteiger charge is -2.29. The van der Waals surface area contributed by atoms with Gasteiger partial charge in [0.1, 0.15) is 11.8 Å². The van der Waals surface area contributed by atoms with Crippen LogP contribution in [0.3, 0.4) is 0 Å². The fourth-order valence-corrected chi connectivity index (χ4v) is 4.33. The van der Waals surface area contributed by atoms with E-state index in [1.807, 2.05) is 0 Å². The first-order chi connectivity index (χ1) is 15.6. The van der Waals surface area contributed by atoms with Crippen molar-refractivity contribution in [1.82, 2.24) is 0 Å². The molecule has 0 N–H and O–H groups in total. The Morgan fingerprint density at radius 1 is 0.875 bits per heavy atom.